The lowest BCUT2D eigenvalue weighted by Gasteiger charge is -2.14. The second-order valence-corrected chi connectivity index (χ2v) is 6.42. The third-order valence-corrected chi connectivity index (χ3v) is 4.00. The lowest BCUT2D eigenvalue weighted by Crippen LogP contribution is -2.33. The van der Waals surface area contributed by atoms with E-state index in [1.165, 1.54) is 12.3 Å². The Kier molecular flexibility index (Phi) is 6.75. The van der Waals surface area contributed by atoms with Crippen molar-refractivity contribution in [2.75, 3.05) is 0 Å². The van der Waals surface area contributed by atoms with Crippen molar-refractivity contribution in [3.05, 3.63) is 62.1 Å². The quantitative estimate of drug-likeness (QED) is 0.547. The van der Waals surface area contributed by atoms with Gasteiger partial charge in [-0.2, -0.15) is 5.10 Å². The van der Waals surface area contributed by atoms with Crippen LogP contribution in [0.1, 0.15) is 12.5 Å². The monoisotopic (exact) mass is 404 g/mol. The number of hydrogen-bond acceptors (Lipinski definition) is 3. The number of hydrogen-bond donors (Lipinski definition) is 1. The van der Waals surface area contributed by atoms with Gasteiger partial charge in [0.2, 0.25) is 0 Å². The molecule has 0 saturated carbocycles. The summed E-state index contributed by atoms with van der Waals surface area (Å²) in [5.74, 6) is -0.0872. The molecular weight excluding hydrogens is 394 g/mol. The minimum absolute atomic E-state index is 0.318. The number of halogens is 4. The maximum absolute atomic E-state index is 12.0. The topological polar surface area (TPSA) is 50.7 Å². The van der Waals surface area contributed by atoms with Gasteiger partial charge in [-0.25, -0.2) is 5.43 Å². The van der Waals surface area contributed by atoms with Crippen molar-refractivity contribution in [3.63, 3.8) is 0 Å². The lowest BCUT2D eigenvalue weighted by molar-refractivity contribution is -0.127. The Balaban J connectivity index is 1.95. The molecule has 4 nitrogen and oxygen atoms in total. The van der Waals surface area contributed by atoms with Gasteiger partial charge in [0.1, 0.15) is 5.75 Å². The van der Waals surface area contributed by atoms with Gasteiger partial charge in [0.15, 0.2) is 6.10 Å². The summed E-state index contributed by atoms with van der Waals surface area (Å²) in [4.78, 5) is 12.0. The molecule has 8 heteroatoms. The average Bonchev–Trinajstić information content (AvgIpc) is 2.52. The van der Waals surface area contributed by atoms with Crippen molar-refractivity contribution in [1.82, 2.24) is 5.43 Å². The predicted molar refractivity (Wildman–Crippen MR) is 98.8 cm³/mol. The van der Waals surface area contributed by atoms with Crippen LogP contribution in [0.25, 0.3) is 0 Å². The van der Waals surface area contributed by atoms with Crippen LogP contribution in [-0.2, 0) is 4.79 Å². The Morgan fingerprint density at radius 1 is 1.08 bits per heavy atom. The molecule has 0 heterocycles. The summed E-state index contributed by atoms with van der Waals surface area (Å²) in [6, 6.07) is 9.68. The van der Waals surface area contributed by atoms with Crippen LogP contribution in [0, 0.1) is 0 Å². The average molecular weight is 406 g/mol. The fraction of sp³-hybridized carbons (Fsp3) is 0.125. The number of carbonyl (C=O) groups excluding carboxylic acids is 1. The molecule has 1 atom stereocenters. The summed E-state index contributed by atoms with van der Waals surface area (Å²) < 4.78 is 5.48. The molecule has 2 aromatic rings. The molecule has 0 fully saturated rings. The minimum atomic E-state index is -0.804. The minimum Gasteiger partial charge on any atom is -0.479 e. The second-order valence-electron chi connectivity index (χ2n) is 4.73. The molecule has 126 valence electrons. The molecule has 0 aliphatic rings. The van der Waals surface area contributed by atoms with Crippen molar-refractivity contribution < 1.29 is 9.53 Å². The van der Waals surface area contributed by atoms with Crippen LogP contribution in [0.5, 0.6) is 5.75 Å². The normalized spacial score (nSPS) is 12.2. The molecule has 0 spiro atoms. The Labute approximate surface area is 159 Å². The number of nitrogens with one attached hydrogen (secondary N) is 1. The molecule has 0 aliphatic carbocycles. The molecule has 24 heavy (non-hydrogen) atoms. The van der Waals surface area contributed by atoms with E-state index in [0.29, 0.717) is 31.4 Å². The molecule has 0 aliphatic heterocycles. The zero-order valence-corrected chi connectivity index (χ0v) is 15.4. The lowest BCUT2D eigenvalue weighted by atomic mass is 10.2. The van der Waals surface area contributed by atoms with Gasteiger partial charge in [-0.3, -0.25) is 4.79 Å². The molecule has 0 aromatic heterocycles. The smallest absolute Gasteiger partial charge is 0.280 e. The molecule has 0 bridgehead atoms. The van der Waals surface area contributed by atoms with E-state index in [4.69, 9.17) is 51.1 Å². The molecule has 2 aromatic carbocycles. The van der Waals surface area contributed by atoms with Crippen LogP contribution in [0.4, 0.5) is 0 Å². The first kappa shape index (κ1) is 18.9. The first-order chi connectivity index (χ1) is 11.4. The third kappa shape index (κ3) is 5.28. The zero-order valence-electron chi connectivity index (χ0n) is 12.4. The highest BCUT2D eigenvalue weighted by Gasteiger charge is 2.15. The molecule has 1 N–H and O–H groups in total. The summed E-state index contributed by atoms with van der Waals surface area (Å²) in [5, 5.41) is 5.59. The van der Waals surface area contributed by atoms with Gasteiger partial charge >= 0.3 is 0 Å². The summed E-state index contributed by atoms with van der Waals surface area (Å²) in [7, 11) is 0. The van der Waals surface area contributed by atoms with Crippen molar-refractivity contribution >= 4 is 58.5 Å². The van der Waals surface area contributed by atoms with Crippen LogP contribution in [0.3, 0.4) is 0 Å². The molecule has 1 amide bonds. The van der Waals surface area contributed by atoms with Gasteiger partial charge in [0.05, 0.1) is 16.3 Å². The first-order valence-electron chi connectivity index (χ1n) is 6.76. The van der Waals surface area contributed by atoms with E-state index in [0.717, 1.165) is 0 Å². The molecular formula is C16H12Cl4N2O2. The number of rotatable bonds is 5. The van der Waals surface area contributed by atoms with Crippen LogP contribution in [0.2, 0.25) is 20.1 Å². The standard InChI is InChI=1S/C16H12Cl4N2O2/c1-9(24-15-5-4-12(18)7-14(15)20)16(23)22-21-8-10-2-3-11(17)6-13(10)19/h2-9H,1H3,(H,22,23)/b21-8+. The van der Waals surface area contributed by atoms with E-state index in [9.17, 15) is 4.79 Å². The number of nitrogens with zero attached hydrogens (tertiary/aromatic N) is 1. The van der Waals surface area contributed by atoms with Crippen molar-refractivity contribution in [2.45, 2.75) is 13.0 Å². The van der Waals surface area contributed by atoms with E-state index >= 15 is 0 Å². The van der Waals surface area contributed by atoms with Crippen molar-refractivity contribution in [2.24, 2.45) is 5.10 Å². The highest BCUT2D eigenvalue weighted by atomic mass is 35.5. The number of hydrazone groups is 1. The number of amides is 1. The summed E-state index contributed by atoms with van der Waals surface area (Å²) in [5.41, 5.74) is 2.99. The molecule has 0 radical (unpaired) electrons. The summed E-state index contributed by atoms with van der Waals surface area (Å²) in [6.45, 7) is 1.57. The Morgan fingerprint density at radius 2 is 1.71 bits per heavy atom. The Hall–Kier alpha value is -1.46. The van der Waals surface area contributed by atoms with Crippen molar-refractivity contribution in [1.29, 1.82) is 0 Å². The van der Waals surface area contributed by atoms with E-state index in [2.05, 4.69) is 10.5 Å². The number of ether oxygens (including phenoxy) is 1. The number of benzene rings is 2. The molecule has 1 unspecified atom stereocenters. The first-order valence-corrected chi connectivity index (χ1v) is 8.27. The fourth-order valence-corrected chi connectivity index (χ4v) is 2.59. The van der Waals surface area contributed by atoms with Crippen LogP contribution >= 0.6 is 46.4 Å². The highest BCUT2D eigenvalue weighted by Crippen LogP contribution is 2.28. The van der Waals surface area contributed by atoms with E-state index in [1.807, 2.05) is 0 Å². The van der Waals surface area contributed by atoms with Gasteiger partial charge < -0.3 is 4.74 Å². The third-order valence-electron chi connectivity index (χ3n) is 2.91. The van der Waals surface area contributed by atoms with E-state index < -0.39 is 12.0 Å². The maximum Gasteiger partial charge on any atom is 0.280 e. The van der Waals surface area contributed by atoms with Gasteiger partial charge in [-0.05, 0) is 37.3 Å². The van der Waals surface area contributed by atoms with Crippen LogP contribution in [0.15, 0.2) is 41.5 Å². The largest absolute Gasteiger partial charge is 0.479 e. The molecule has 0 saturated heterocycles. The van der Waals surface area contributed by atoms with Gasteiger partial charge in [0.25, 0.3) is 5.91 Å². The van der Waals surface area contributed by atoms with Gasteiger partial charge in [0, 0.05) is 15.6 Å². The Bertz CT molecular complexity index is 781. The fourth-order valence-electron chi connectivity index (χ4n) is 1.68. The van der Waals surface area contributed by atoms with Crippen LogP contribution in [-0.4, -0.2) is 18.2 Å². The summed E-state index contributed by atoms with van der Waals surface area (Å²) in [6.07, 6.45) is 0.611. The van der Waals surface area contributed by atoms with E-state index in [1.54, 1.807) is 37.3 Å². The van der Waals surface area contributed by atoms with E-state index in [-0.39, 0.29) is 0 Å². The number of carbonyl (C=O) groups is 1. The van der Waals surface area contributed by atoms with Crippen molar-refractivity contribution in [3.8, 4) is 5.75 Å². The summed E-state index contributed by atoms with van der Waals surface area (Å²) >= 11 is 23.6. The SMILES string of the molecule is CC(Oc1ccc(Cl)cc1Cl)C(=O)N/N=C/c1ccc(Cl)cc1Cl. The molecule has 2 rings (SSSR count). The Morgan fingerprint density at radius 3 is 2.33 bits per heavy atom. The van der Waals surface area contributed by atoms with Crippen LogP contribution < -0.4 is 10.2 Å². The van der Waals surface area contributed by atoms with Gasteiger partial charge in [-0.15, -0.1) is 0 Å². The zero-order chi connectivity index (χ0) is 17.7. The second kappa shape index (κ2) is 8.58. The predicted octanol–water partition coefficient (Wildman–Crippen LogP) is 5.22. The maximum atomic E-state index is 12.0. The highest BCUT2D eigenvalue weighted by molar-refractivity contribution is 6.36. The van der Waals surface area contributed by atoms with Gasteiger partial charge in [-0.1, -0.05) is 52.5 Å².